The third-order valence-electron chi connectivity index (χ3n) is 5.18. The average molecular weight is 339 g/mol. The molecule has 5 heteroatoms. The van der Waals surface area contributed by atoms with Crippen molar-refractivity contribution in [1.29, 1.82) is 0 Å². The Morgan fingerprint density at radius 2 is 1.64 bits per heavy atom. The number of methoxy groups -OCH3 is 1. The molecule has 132 valence electrons. The Labute approximate surface area is 148 Å². The van der Waals surface area contributed by atoms with Crippen LogP contribution in [0.5, 0.6) is 0 Å². The molecule has 5 nitrogen and oxygen atoms in total. The van der Waals surface area contributed by atoms with Crippen LogP contribution in [-0.2, 0) is 15.6 Å². The number of carbonyl (C=O) groups excluding carboxylic acids is 1. The molecule has 0 radical (unpaired) electrons. The Hall–Kier alpha value is -2.43. The highest BCUT2D eigenvalue weighted by atomic mass is 16.5. The van der Waals surface area contributed by atoms with Crippen LogP contribution >= 0.6 is 0 Å². The summed E-state index contributed by atoms with van der Waals surface area (Å²) in [5, 5.41) is 3.23. The monoisotopic (exact) mass is 339 g/mol. The molecule has 2 aromatic rings. The van der Waals surface area contributed by atoms with Crippen LogP contribution < -0.4 is 5.32 Å². The molecule has 0 atom stereocenters. The molecule has 25 heavy (non-hydrogen) atoms. The Kier molecular flexibility index (Phi) is 4.27. The van der Waals surface area contributed by atoms with E-state index in [1.807, 2.05) is 0 Å². The largest absolute Gasteiger partial charge is 0.465 e. The van der Waals surface area contributed by atoms with E-state index in [9.17, 15) is 4.79 Å². The summed E-state index contributed by atoms with van der Waals surface area (Å²) in [7, 11) is 1.34. The van der Waals surface area contributed by atoms with Crippen molar-refractivity contribution >= 4 is 17.6 Å². The van der Waals surface area contributed by atoms with Crippen LogP contribution in [0, 0.1) is 0 Å². The summed E-state index contributed by atoms with van der Waals surface area (Å²) >= 11 is 0. The van der Waals surface area contributed by atoms with Gasteiger partial charge in [-0.25, -0.2) is 14.8 Å². The summed E-state index contributed by atoms with van der Waals surface area (Å²) in [6.07, 6.45) is 5.29. The van der Waals surface area contributed by atoms with Gasteiger partial charge >= 0.3 is 5.97 Å². The molecule has 1 N–H and O–H groups in total. The number of rotatable bonds is 3. The number of benzene rings is 1. The first-order valence-electron chi connectivity index (χ1n) is 8.55. The zero-order valence-electron chi connectivity index (χ0n) is 15.5. The molecule has 0 saturated heterocycles. The third-order valence-corrected chi connectivity index (χ3v) is 5.18. The molecule has 0 spiro atoms. The van der Waals surface area contributed by atoms with Gasteiger partial charge in [-0.05, 0) is 46.9 Å². The molecule has 0 saturated carbocycles. The molecule has 3 rings (SSSR count). The molecule has 0 unspecified atom stereocenters. The fourth-order valence-electron chi connectivity index (χ4n) is 3.41. The van der Waals surface area contributed by atoms with Gasteiger partial charge in [0.15, 0.2) is 0 Å². The summed E-state index contributed by atoms with van der Waals surface area (Å²) in [5.74, 6) is 0.0183. The van der Waals surface area contributed by atoms with Crippen molar-refractivity contribution in [2.45, 2.75) is 51.4 Å². The summed E-state index contributed by atoms with van der Waals surface area (Å²) in [4.78, 5) is 19.8. The second kappa shape index (κ2) is 6.14. The highest BCUT2D eigenvalue weighted by molar-refractivity contribution is 5.88. The summed E-state index contributed by atoms with van der Waals surface area (Å²) in [6.45, 7) is 9.21. The number of ether oxygens (including phenoxy) is 1. The third kappa shape index (κ3) is 3.36. The van der Waals surface area contributed by atoms with E-state index in [2.05, 4.69) is 65.9 Å². The number of fused-ring (bicyclic) bond motifs is 1. The zero-order valence-corrected chi connectivity index (χ0v) is 15.5. The number of aromatic nitrogens is 2. The van der Waals surface area contributed by atoms with Crippen molar-refractivity contribution in [2.24, 2.45) is 0 Å². The van der Waals surface area contributed by atoms with Gasteiger partial charge in [0.2, 0.25) is 5.95 Å². The van der Waals surface area contributed by atoms with Gasteiger partial charge in [0.05, 0.1) is 12.7 Å². The smallest absolute Gasteiger partial charge is 0.341 e. The molecular weight excluding hydrogens is 314 g/mol. The van der Waals surface area contributed by atoms with Crippen molar-refractivity contribution < 1.29 is 9.53 Å². The minimum atomic E-state index is -0.440. The van der Waals surface area contributed by atoms with E-state index >= 15 is 0 Å². The van der Waals surface area contributed by atoms with E-state index in [0.29, 0.717) is 11.5 Å². The standard InChI is InChI=1S/C20H25N3O2/c1-19(2)8-9-20(3,4)16-10-14(6-7-15(16)19)23-18-21-11-13(12-22-18)17(24)25-5/h6-7,10-12H,8-9H2,1-5H3,(H,21,22,23). The van der Waals surface area contributed by atoms with E-state index in [-0.39, 0.29) is 10.8 Å². The van der Waals surface area contributed by atoms with Gasteiger partial charge in [-0.1, -0.05) is 33.8 Å². The molecule has 1 aliphatic carbocycles. The Morgan fingerprint density at radius 1 is 1.04 bits per heavy atom. The minimum absolute atomic E-state index is 0.151. The molecule has 1 aromatic carbocycles. The van der Waals surface area contributed by atoms with Crippen LogP contribution in [0.15, 0.2) is 30.6 Å². The van der Waals surface area contributed by atoms with Gasteiger partial charge in [-0.3, -0.25) is 0 Å². The number of esters is 1. The first-order valence-corrected chi connectivity index (χ1v) is 8.55. The SMILES string of the molecule is COC(=O)c1cnc(Nc2ccc3c(c2)C(C)(C)CCC3(C)C)nc1. The predicted octanol–water partition coefficient (Wildman–Crippen LogP) is 4.36. The molecule has 0 bridgehead atoms. The molecule has 1 aromatic heterocycles. The van der Waals surface area contributed by atoms with E-state index < -0.39 is 5.97 Å². The van der Waals surface area contributed by atoms with E-state index in [4.69, 9.17) is 0 Å². The van der Waals surface area contributed by atoms with Crippen LogP contribution in [-0.4, -0.2) is 23.0 Å². The maximum Gasteiger partial charge on any atom is 0.341 e. The lowest BCUT2D eigenvalue weighted by Gasteiger charge is -2.42. The van der Waals surface area contributed by atoms with Gasteiger partial charge in [0.1, 0.15) is 0 Å². The van der Waals surface area contributed by atoms with Gasteiger partial charge in [-0.15, -0.1) is 0 Å². The van der Waals surface area contributed by atoms with Crippen LogP contribution in [0.4, 0.5) is 11.6 Å². The van der Waals surface area contributed by atoms with Gasteiger partial charge in [0.25, 0.3) is 0 Å². The second-order valence-electron chi connectivity index (χ2n) is 7.94. The number of nitrogens with one attached hydrogen (secondary N) is 1. The van der Waals surface area contributed by atoms with E-state index in [1.165, 1.54) is 43.5 Å². The predicted molar refractivity (Wildman–Crippen MR) is 98.4 cm³/mol. The topological polar surface area (TPSA) is 64.1 Å². The first kappa shape index (κ1) is 17.4. The maximum atomic E-state index is 11.5. The number of hydrogen-bond acceptors (Lipinski definition) is 5. The Morgan fingerprint density at radius 3 is 2.24 bits per heavy atom. The normalized spacial score (nSPS) is 17.5. The molecule has 0 aliphatic heterocycles. The molecule has 1 heterocycles. The van der Waals surface area contributed by atoms with E-state index in [1.54, 1.807) is 0 Å². The van der Waals surface area contributed by atoms with Crippen LogP contribution in [0.1, 0.15) is 62.0 Å². The lowest BCUT2D eigenvalue weighted by Crippen LogP contribution is -2.33. The fraction of sp³-hybridized carbons (Fsp3) is 0.450. The highest BCUT2D eigenvalue weighted by Crippen LogP contribution is 2.46. The lowest BCUT2D eigenvalue weighted by atomic mass is 9.63. The average Bonchev–Trinajstić information content (AvgIpc) is 2.59. The molecule has 0 fully saturated rings. The van der Waals surface area contributed by atoms with Crippen molar-refractivity contribution in [3.05, 3.63) is 47.3 Å². The summed E-state index contributed by atoms with van der Waals surface area (Å²) in [6, 6.07) is 6.48. The van der Waals surface area contributed by atoms with Crippen molar-refractivity contribution in [1.82, 2.24) is 9.97 Å². The molecule has 0 amide bonds. The molecule has 1 aliphatic rings. The zero-order chi connectivity index (χ0) is 18.2. The van der Waals surface area contributed by atoms with Crippen LogP contribution in [0.3, 0.4) is 0 Å². The van der Waals surface area contributed by atoms with Crippen molar-refractivity contribution in [3.63, 3.8) is 0 Å². The number of anilines is 2. The summed E-state index contributed by atoms with van der Waals surface area (Å²) in [5.41, 5.74) is 4.42. The van der Waals surface area contributed by atoms with Gasteiger partial charge < -0.3 is 10.1 Å². The lowest BCUT2D eigenvalue weighted by molar-refractivity contribution is 0.0600. The number of carbonyl (C=O) groups is 1. The van der Waals surface area contributed by atoms with Crippen molar-refractivity contribution in [3.8, 4) is 0 Å². The van der Waals surface area contributed by atoms with Crippen LogP contribution in [0.25, 0.3) is 0 Å². The van der Waals surface area contributed by atoms with Crippen LogP contribution in [0.2, 0.25) is 0 Å². The maximum absolute atomic E-state index is 11.5. The van der Waals surface area contributed by atoms with Gasteiger partial charge in [-0.2, -0.15) is 0 Å². The van der Waals surface area contributed by atoms with E-state index in [0.717, 1.165) is 5.69 Å². The minimum Gasteiger partial charge on any atom is -0.465 e. The highest BCUT2D eigenvalue weighted by Gasteiger charge is 2.36. The Balaban J connectivity index is 1.88. The Bertz CT molecular complexity index is 795. The molecular formula is C20H25N3O2. The fourth-order valence-corrected chi connectivity index (χ4v) is 3.41. The quantitative estimate of drug-likeness (QED) is 0.842. The number of hydrogen-bond donors (Lipinski definition) is 1. The second-order valence-corrected chi connectivity index (χ2v) is 7.94. The first-order chi connectivity index (χ1) is 11.7. The summed E-state index contributed by atoms with van der Waals surface area (Å²) < 4.78 is 4.66. The number of nitrogens with zero attached hydrogens (tertiary/aromatic N) is 2. The van der Waals surface area contributed by atoms with Gasteiger partial charge in [0, 0.05) is 18.1 Å². The van der Waals surface area contributed by atoms with Crippen molar-refractivity contribution in [2.75, 3.05) is 12.4 Å².